The predicted molar refractivity (Wildman–Crippen MR) is 87.2 cm³/mol. The van der Waals surface area contributed by atoms with Gasteiger partial charge in [0.15, 0.2) is 0 Å². The van der Waals surface area contributed by atoms with E-state index in [4.69, 9.17) is 4.74 Å². The molecule has 9 heteroatoms. The molecule has 3 unspecified atom stereocenters. The third-order valence-electron chi connectivity index (χ3n) is 6.69. The number of ether oxygens (including phenoxy) is 2. The van der Waals surface area contributed by atoms with Crippen molar-refractivity contribution >= 4 is 11.9 Å². The van der Waals surface area contributed by atoms with Crippen molar-refractivity contribution in [2.75, 3.05) is 0 Å². The molecule has 4 aliphatic rings. The molecule has 4 rings (SSSR count). The fraction of sp³-hybridized carbons (Fsp3) is 0.789. The van der Waals surface area contributed by atoms with Gasteiger partial charge in [0.05, 0.1) is 5.41 Å². The predicted octanol–water partition coefficient (Wildman–Crippen LogP) is 4.43. The SMILES string of the molecule is C=C(C)C(=O)OC1(C)C2CC3CC1CC(C(=O)OC(C(F)F)C(F)(F)F)(C3)C2. The first-order valence-electron chi connectivity index (χ1n) is 9.23. The molecule has 0 amide bonds. The van der Waals surface area contributed by atoms with Crippen molar-refractivity contribution in [3.63, 3.8) is 0 Å². The van der Waals surface area contributed by atoms with E-state index < -0.39 is 41.7 Å². The summed E-state index contributed by atoms with van der Waals surface area (Å²) in [6, 6.07) is 0. The maximum Gasteiger partial charge on any atom is 0.431 e. The highest BCUT2D eigenvalue weighted by Gasteiger charge is 2.65. The van der Waals surface area contributed by atoms with Gasteiger partial charge in [-0.25, -0.2) is 13.6 Å². The van der Waals surface area contributed by atoms with Gasteiger partial charge in [-0.2, -0.15) is 13.2 Å². The number of hydrogen-bond acceptors (Lipinski definition) is 4. The summed E-state index contributed by atoms with van der Waals surface area (Å²) >= 11 is 0. The minimum atomic E-state index is -5.34. The van der Waals surface area contributed by atoms with Gasteiger partial charge in [0.2, 0.25) is 0 Å². The Kier molecular flexibility index (Phi) is 5.03. The number of halogens is 5. The molecule has 0 N–H and O–H groups in total. The Labute approximate surface area is 159 Å². The lowest BCUT2D eigenvalue weighted by Crippen LogP contribution is -2.63. The van der Waals surface area contributed by atoms with E-state index in [1.54, 1.807) is 6.92 Å². The third kappa shape index (κ3) is 3.41. The topological polar surface area (TPSA) is 52.6 Å². The lowest BCUT2D eigenvalue weighted by atomic mass is 9.45. The molecular weight excluding hydrogens is 387 g/mol. The van der Waals surface area contributed by atoms with Crippen LogP contribution in [-0.2, 0) is 19.1 Å². The van der Waals surface area contributed by atoms with Crippen LogP contribution in [0.3, 0.4) is 0 Å². The average molecular weight is 410 g/mol. The standard InChI is InChI=1S/C19H23F5O4/c1-9(2)15(25)28-17(3)11-4-10-5-12(17)8-18(6-10,7-11)16(26)27-13(14(20)21)19(22,23)24/h10-14H,1,4-8H2,2-3H3. The number of esters is 2. The molecule has 4 bridgehead atoms. The summed E-state index contributed by atoms with van der Waals surface area (Å²) in [6.07, 6.45) is -10.6. The zero-order valence-electron chi connectivity index (χ0n) is 15.7. The number of rotatable bonds is 5. The van der Waals surface area contributed by atoms with Gasteiger partial charge in [0.25, 0.3) is 12.5 Å². The van der Waals surface area contributed by atoms with E-state index in [2.05, 4.69) is 11.3 Å². The summed E-state index contributed by atoms with van der Waals surface area (Å²) in [5.74, 6) is -2.20. The molecule has 0 spiro atoms. The van der Waals surface area contributed by atoms with Crippen molar-refractivity contribution in [1.29, 1.82) is 0 Å². The van der Waals surface area contributed by atoms with Gasteiger partial charge >= 0.3 is 18.1 Å². The second kappa shape index (κ2) is 6.69. The maximum absolute atomic E-state index is 12.8. The summed E-state index contributed by atoms with van der Waals surface area (Å²) in [5.41, 5.74) is -1.86. The van der Waals surface area contributed by atoms with Gasteiger partial charge in [-0.3, -0.25) is 4.79 Å². The Balaban J connectivity index is 1.81. The van der Waals surface area contributed by atoms with Crippen LogP contribution in [-0.4, -0.2) is 36.2 Å². The number of hydrogen-bond donors (Lipinski definition) is 0. The van der Waals surface area contributed by atoms with Gasteiger partial charge in [-0.15, -0.1) is 0 Å². The van der Waals surface area contributed by atoms with E-state index in [0.717, 1.165) is 0 Å². The van der Waals surface area contributed by atoms with Crippen molar-refractivity contribution in [2.45, 2.75) is 70.3 Å². The minimum Gasteiger partial charge on any atom is -0.455 e. The summed E-state index contributed by atoms with van der Waals surface area (Å²) in [4.78, 5) is 24.7. The van der Waals surface area contributed by atoms with Crippen LogP contribution in [0.1, 0.15) is 46.0 Å². The van der Waals surface area contributed by atoms with E-state index in [-0.39, 0.29) is 36.2 Å². The summed E-state index contributed by atoms with van der Waals surface area (Å²) in [7, 11) is 0. The smallest absolute Gasteiger partial charge is 0.431 e. The van der Waals surface area contributed by atoms with E-state index in [0.29, 0.717) is 19.3 Å². The molecule has 158 valence electrons. The number of alkyl halides is 5. The van der Waals surface area contributed by atoms with Crippen LogP contribution in [0.25, 0.3) is 0 Å². The van der Waals surface area contributed by atoms with Crippen LogP contribution in [0.5, 0.6) is 0 Å². The molecule has 0 heterocycles. The first-order valence-corrected chi connectivity index (χ1v) is 9.23. The molecule has 0 aromatic rings. The van der Waals surface area contributed by atoms with Crippen LogP contribution >= 0.6 is 0 Å². The number of carbonyl (C=O) groups is 2. The van der Waals surface area contributed by atoms with E-state index >= 15 is 0 Å². The molecule has 4 saturated carbocycles. The summed E-state index contributed by atoms with van der Waals surface area (Å²) in [6.45, 7) is 6.85. The monoisotopic (exact) mass is 410 g/mol. The Hall–Kier alpha value is -1.67. The van der Waals surface area contributed by atoms with Gasteiger partial charge in [0, 0.05) is 17.4 Å². The fourth-order valence-corrected chi connectivity index (χ4v) is 5.39. The molecule has 0 aromatic heterocycles. The highest BCUT2D eigenvalue weighted by molar-refractivity contribution is 5.87. The van der Waals surface area contributed by atoms with Crippen LogP contribution in [0.2, 0.25) is 0 Å². The number of carbonyl (C=O) groups excluding carboxylic acids is 2. The van der Waals surface area contributed by atoms with Gasteiger partial charge in [-0.1, -0.05) is 6.58 Å². The second-order valence-electron chi connectivity index (χ2n) is 8.68. The van der Waals surface area contributed by atoms with Gasteiger partial charge < -0.3 is 9.47 Å². The van der Waals surface area contributed by atoms with Crippen molar-refractivity contribution in [2.24, 2.45) is 23.2 Å². The zero-order chi connectivity index (χ0) is 21.1. The summed E-state index contributed by atoms with van der Waals surface area (Å²) < 4.78 is 74.1. The first-order chi connectivity index (χ1) is 12.8. The van der Waals surface area contributed by atoms with Crippen LogP contribution in [0.4, 0.5) is 22.0 Å². The van der Waals surface area contributed by atoms with E-state index in [1.165, 1.54) is 6.92 Å². The molecule has 4 fully saturated rings. The van der Waals surface area contributed by atoms with Crippen molar-refractivity contribution in [1.82, 2.24) is 0 Å². The Morgan fingerprint density at radius 1 is 1.11 bits per heavy atom. The minimum absolute atomic E-state index is 0.0672. The van der Waals surface area contributed by atoms with Crippen molar-refractivity contribution in [3.05, 3.63) is 12.2 Å². The molecule has 0 radical (unpaired) electrons. The van der Waals surface area contributed by atoms with Crippen LogP contribution in [0.15, 0.2) is 12.2 Å². The van der Waals surface area contributed by atoms with Gasteiger partial charge in [-0.05, 0) is 51.9 Å². The molecule has 28 heavy (non-hydrogen) atoms. The Morgan fingerprint density at radius 3 is 2.07 bits per heavy atom. The molecule has 0 saturated heterocycles. The fourth-order valence-electron chi connectivity index (χ4n) is 5.39. The van der Waals surface area contributed by atoms with Gasteiger partial charge in [0.1, 0.15) is 5.60 Å². The second-order valence-corrected chi connectivity index (χ2v) is 8.68. The molecule has 0 aromatic carbocycles. The average Bonchev–Trinajstić information content (AvgIpc) is 2.55. The van der Waals surface area contributed by atoms with Crippen molar-refractivity contribution < 1.29 is 41.0 Å². The largest absolute Gasteiger partial charge is 0.455 e. The molecule has 0 aliphatic heterocycles. The van der Waals surface area contributed by atoms with Crippen molar-refractivity contribution in [3.8, 4) is 0 Å². The lowest BCUT2D eigenvalue weighted by Gasteiger charge is -2.62. The summed E-state index contributed by atoms with van der Waals surface area (Å²) in [5, 5.41) is 0. The Bertz CT molecular complexity index is 670. The lowest BCUT2D eigenvalue weighted by molar-refractivity contribution is -0.263. The molecular formula is C19H23F5O4. The maximum atomic E-state index is 12.8. The molecule has 4 nitrogen and oxygen atoms in total. The molecule has 3 atom stereocenters. The first kappa shape index (κ1) is 21.0. The normalized spacial score (nSPS) is 37.6. The van der Waals surface area contributed by atoms with Crippen LogP contribution in [0, 0.1) is 23.2 Å². The highest BCUT2D eigenvalue weighted by atomic mass is 19.4. The highest BCUT2D eigenvalue weighted by Crippen LogP contribution is 2.65. The quantitative estimate of drug-likeness (QED) is 0.382. The zero-order valence-corrected chi connectivity index (χ0v) is 15.7. The van der Waals surface area contributed by atoms with E-state index in [9.17, 15) is 31.5 Å². The van der Waals surface area contributed by atoms with Crippen LogP contribution < -0.4 is 0 Å². The van der Waals surface area contributed by atoms with E-state index in [1.807, 2.05) is 0 Å². The third-order valence-corrected chi connectivity index (χ3v) is 6.69. The molecule has 4 aliphatic carbocycles. The Morgan fingerprint density at radius 2 is 1.64 bits per heavy atom.